The number of rotatable bonds is 4. The van der Waals surface area contributed by atoms with Gasteiger partial charge in [-0.2, -0.15) is 10.2 Å². The summed E-state index contributed by atoms with van der Waals surface area (Å²) < 4.78 is 10.7. The number of ether oxygens (including phenoxy) is 1. The van der Waals surface area contributed by atoms with Crippen LogP contribution in [0, 0.1) is 11.3 Å². The lowest BCUT2D eigenvalue weighted by atomic mass is 10.2. The molecule has 0 spiro atoms. The first-order chi connectivity index (χ1) is 10.4. The molecule has 0 N–H and O–H groups in total. The molecule has 0 radical (unpaired) electrons. The SMILES string of the molecule is N#CCOc1ccccc1-c1nc(-c2ccccc2)no1. The van der Waals surface area contributed by atoms with Gasteiger partial charge in [0.15, 0.2) is 6.61 Å². The highest BCUT2D eigenvalue weighted by Gasteiger charge is 2.14. The molecule has 5 heteroatoms. The molecule has 1 aromatic heterocycles. The van der Waals surface area contributed by atoms with Gasteiger partial charge in [-0.15, -0.1) is 0 Å². The lowest BCUT2D eigenvalue weighted by Gasteiger charge is -2.04. The van der Waals surface area contributed by atoms with E-state index in [1.165, 1.54) is 0 Å². The molecule has 0 aliphatic rings. The first kappa shape index (κ1) is 12.9. The van der Waals surface area contributed by atoms with Crippen molar-refractivity contribution in [3.63, 3.8) is 0 Å². The van der Waals surface area contributed by atoms with Crippen LogP contribution < -0.4 is 4.74 Å². The molecule has 0 aliphatic heterocycles. The number of benzene rings is 2. The van der Waals surface area contributed by atoms with Crippen LogP contribution in [0.5, 0.6) is 5.75 Å². The number of para-hydroxylation sites is 1. The third-order valence-corrected chi connectivity index (χ3v) is 2.87. The van der Waals surface area contributed by atoms with Crippen LogP contribution in [-0.4, -0.2) is 16.7 Å². The van der Waals surface area contributed by atoms with Crippen molar-refractivity contribution in [2.24, 2.45) is 0 Å². The predicted octanol–water partition coefficient (Wildman–Crippen LogP) is 3.31. The zero-order chi connectivity index (χ0) is 14.5. The molecule has 5 nitrogen and oxygen atoms in total. The molecule has 0 bridgehead atoms. The Morgan fingerprint density at radius 2 is 1.81 bits per heavy atom. The van der Waals surface area contributed by atoms with Gasteiger partial charge in [-0.25, -0.2) is 0 Å². The lowest BCUT2D eigenvalue weighted by Crippen LogP contribution is -1.95. The van der Waals surface area contributed by atoms with Crippen LogP contribution in [0.2, 0.25) is 0 Å². The fourth-order valence-corrected chi connectivity index (χ4v) is 1.92. The van der Waals surface area contributed by atoms with Gasteiger partial charge in [-0.3, -0.25) is 0 Å². The van der Waals surface area contributed by atoms with Gasteiger partial charge in [0.2, 0.25) is 5.82 Å². The third-order valence-electron chi connectivity index (χ3n) is 2.87. The van der Waals surface area contributed by atoms with E-state index in [9.17, 15) is 0 Å². The molecule has 3 rings (SSSR count). The van der Waals surface area contributed by atoms with E-state index in [4.69, 9.17) is 14.5 Å². The lowest BCUT2D eigenvalue weighted by molar-refractivity contribution is 0.366. The predicted molar refractivity (Wildman–Crippen MR) is 76.3 cm³/mol. The maximum absolute atomic E-state index is 8.62. The minimum absolute atomic E-state index is 0.0311. The van der Waals surface area contributed by atoms with Gasteiger partial charge < -0.3 is 9.26 Å². The number of hydrogen-bond donors (Lipinski definition) is 0. The molecule has 21 heavy (non-hydrogen) atoms. The Labute approximate surface area is 121 Å². The van der Waals surface area contributed by atoms with Crippen LogP contribution in [0.25, 0.3) is 22.8 Å². The van der Waals surface area contributed by atoms with Crippen molar-refractivity contribution in [2.75, 3.05) is 6.61 Å². The van der Waals surface area contributed by atoms with Crippen LogP contribution in [-0.2, 0) is 0 Å². The largest absolute Gasteiger partial charge is 0.478 e. The first-order valence-electron chi connectivity index (χ1n) is 6.37. The monoisotopic (exact) mass is 277 g/mol. The van der Waals surface area contributed by atoms with Crippen molar-refractivity contribution in [1.82, 2.24) is 10.1 Å². The Morgan fingerprint density at radius 3 is 2.62 bits per heavy atom. The molecule has 0 amide bonds. The van der Waals surface area contributed by atoms with Crippen LogP contribution in [0.3, 0.4) is 0 Å². The summed E-state index contributed by atoms with van der Waals surface area (Å²) in [4.78, 5) is 4.38. The minimum Gasteiger partial charge on any atom is -0.478 e. The first-order valence-corrected chi connectivity index (χ1v) is 6.37. The molecule has 2 aromatic carbocycles. The summed E-state index contributed by atoms with van der Waals surface area (Å²) in [7, 11) is 0. The molecule has 0 atom stereocenters. The van der Waals surface area contributed by atoms with E-state index in [2.05, 4.69) is 10.1 Å². The standard InChI is InChI=1S/C16H11N3O2/c17-10-11-20-14-9-5-4-8-13(14)16-18-15(19-21-16)12-6-2-1-3-7-12/h1-9H,11H2. The van der Waals surface area contributed by atoms with Gasteiger partial charge >= 0.3 is 0 Å². The van der Waals surface area contributed by atoms with Crippen molar-refractivity contribution in [3.05, 3.63) is 54.6 Å². The fourth-order valence-electron chi connectivity index (χ4n) is 1.92. The summed E-state index contributed by atoms with van der Waals surface area (Å²) in [5.74, 6) is 1.42. The molecule has 102 valence electrons. The zero-order valence-corrected chi connectivity index (χ0v) is 11.1. The second kappa shape index (κ2) is 5.88. The van der Waals surface area contributed by atoms with Crippen molar-refractivity contribution >= 4 is 0 Å². The zero-order valence-electron chi connectivity index (χ0n) is 11.1. The van der Waals surface area contributed by atoms with E-state index in [1.54, 1.807) is 6.07 Å². The summed E-state index contributed by atoms with van der Waals surface area (Å²) >= 11 is 0. The number of nitrogens with zero attached hydrogens (tertiary/aromatic N) is 3. The van der Waals surface area contributed by atoms with Crippen molar-refractivity contribution in [3.8, 4) is 34.7 Å². The Morgan fingerprint density at radius 1 is 1.05 bits per heavy atom. The van der Waals surface area contributed by atoms with E-state index in [0.717, 1.165) is 5.56 Å². The molecular weight excluding hydrogens is 266 g/mol. The van der Waals surface area contributed by atoms with E-state index in [0.29, 0.717) is 23.0 Å². The summed E-state index contributed by atoms with van der Waals surface area (Å²) in [5.41, 5.74) is 1.55. The summed E-state index contributed by atoms with van der Waals surface area (Å²) in [6.45, 7) is -0.0311. The van der Waals surface area contributed by atoms with Crippen LogP contribution >= 0.6 is 0 Å². The van der Waals surface area contributed by atoms with Gasteiger partial charge in [0, 0.05) is 5.56 Å². The van der Waals surface area contributed by atoms with Crippen LogP contribution in [0.15, 0.2) is 59.1 Å². The average Bonchev–Trinajstić information content (AvgIpc) is 3.04. The van der Waals surface area contributed by atoms with Crippen molar-refractivity contribution < 1.29 is 9.26 Å². The maximum Gasteiger partial charge on any atom is 0.262 e. The summed E-state index contributed by atoms with van der Waals surface area (Å²) in [6, 6.07) is 18.8. The molecule has 0 aliphatic carbocycles. The molecule has 0 saturated carbocycles. The molecule has 3 aromatic rings. The second-order valence-corrected chi connectivity index (χ2v) is 4.23. The normalized spacial score (nSPS) is 10.0. The quantitative estimate of drug-likeness (QED) is 0.731. The van der Waals surface area contributed by atoms with Gasteiger partial charge in [-0.05, 0) is 12.1 Å². The molecular formula is C16H11N3O2. The molecule has 1 heterocycles. The highest BCUT2D eigenvalue weighted by Crippen LogP contribution is 2.29. The van der Waals surface area contributed by atoms with E-state index in [1.807, 2.05) is 54.6 Å². The maximum atomic E-state index is 8.62. The highest BCUT2D eigenvalue weighted by atomic mass is 16.5. The van der Waals surface area contributed by atoms with Crippen LogP contribution in [0.1, 0.15) is 0 Å². The molecule has 0 unspecified atom stereocenters. The van der Waals surface area contributed by atoms with Gasteiger partial charge in [0.05, 0.1) is 5.56 Å². The Hall–Kier alpha value is -3.13. The third kappa shape index (κ3) is 2.74. The molecule has 0 fully saturated rings. The Bertz CT molecular complexity index is 775. The smallest absolute Gasteiger partial charge is 0.262 e. The van der Waals surface area contributed by atoms with Gasteiger partial charge in [0.25, 0.3) is 5.89 Å². The number of hydrogen-bond acceptors (Lipinski definition) is 5. The van der Waals surface area contributed by atoms with Gasteiger partial charge in [0.1, 0.15) is 11.8 Å². The van der Waals surface area contributed by atoms with Crippen LogP contribution in [0.4, 0.5) is 0 Å². The highest BCUT2D eigenvalue weighted by molar-refractivity contribution is 5.65. The minimum atomic E-state index is -0.0311. The Balaban J connectivity index is 1.96. The number of nitriles is 1. The fraction of sp³-hybridized carbons (Fsp3) is 0.0625. The van der Waals surface area contributed by atoms with E-state index >= 15 is 0 Å². The van der Waals surface area contributed by atoms with Crippen molar-refractivity contribution in [2.45, 2.75) is 0 Å². The van der Waals surface area contributed by atoms with E-state index in [-0.39, 0.29) is 6.61 Å². The van der Waals surface area contributed by atoms with Gasteiger partial charge in [-0.1, -0.05) is 47.6 Å². The van der Waals surface area contributed by atoms with Crippen molar-refractivity contribution in [1.29, 1.82) is 5.26 Å². The van der Waals surface area contributed by atoms with E-state index < -0.39 is 0 Å². The topological polar surface area (TPSA) is 71.9 Å². The summed E-state index contributed by atoms with van der Waals surface area (Å²) in [6.07, 6.45) is 0. The summed E-state index contributed by atoms with van der Waals surface area (Å²) in [5, 5.41) is 12.6. The molecule has 0 saturated heterocycles. The number of aromatic nitrogens is 2. The average molecular weight is 277 g/mol. The second-order valence-electron chi connectivity index (χ2n) is 4.23. The Kier molecular flexibility index (Phi) is 3.61.